The predicted molar refractivity (Wildman–Crippen MR) is 65.9 cm³/mol. The molecular weight excluding hydrogens is 212 g/mol. The Morgan fingerprint density at radius 3 is 2.82 bits per heavy atom. The van der Waals surface area contributed by atoms with Crippen LogP contribution in [0.1, 0.15) is 22.1 Å². The van der Waals surface area contributed by atoms with Crippen LogP contribution in [0.2, 0.25) is 0 Å². The normalized spacial score (nSPS) is 18.6. The van der Waals surface area contributed by atoms with Gasteiger partial charge >= 0.3 is 0 Å². The third kappa shape index (κ3) is 1.84. The van der Waals surface area contributed by atoms with Gasteiger partial charge in [-0.3, -0.25) is 4.79 Å². The maximum atomic E-state index is 11.6. The third-order valence-corrected chi connectivity index (χ3v) is 3.22. The van der Waals surface area contributed by atoms with Crippen LogP contribution in [0, 0.1) is 0 Å². The first-order chi connectivity index (χ1) is 8.34. The lowest BCUT2D eigenvalue weighted by Gasteiger charge is -2.26. The molecule has 3 nitrogen and oxygen atoms in total. The van der Waals surface area contributed by atoms with Crippen LogP contribution in [0.25, 0.3) is 0 Å². The second kappa shape index (κ2) is 4.09. The highest BCUT2D eigenvalue weighted by atomic mass is 16.2. The Morgan fingerprint density at radius 1 is 1.18 bits per heavy atom. The Bertz CT molecular complexity index is 530. The molecule has 1 aliphatic rings. The predicted octanol–water partition coefficient (Wildman–Crippen LogP) is 2.02. The minimum atomic E-state index is 0.0271. The number of benzene rings is 1. The second-order valence-corrected chi connectivity index (χ2v) is 4.35. The van der Waals surface area contributed by atoms with Crippen molar-refractivity contribution in [2.24, 2.45) is 0 Å². The van der Waals surface area contributed by atoms with E-state index in [0.29, 0.717) is 12.6 Å². The van der Waals surface area contributed by atoms with Crippen LogP contribution in [0.5, 0.6) is 0 Å². The number of hydrogen-bond acceptors (Lipinski definition) is 1. The van der Waals surface area contributed by atoms with Crippen LogP contribution >= 0.6 is 0 Å². The molecule has 0 saturated carbocycles. The molecule has 2 heterocycles. The van der Waals surface area contributed by atoms with Crippen molar-refractivity contribution >= 4 is 5.91 Å². The molecule has 2 aromatic rings. The van der Waals surface area contributed by atoms with Crippen LogP contribution in [-0.4, -0.2) is 17.0 Å². The summed E-state index contributed by atoms with van der Waals surface area (Å²) in [5, 5.41) is 2.93. The van der Waals surface area contributed by atoms with Gasteiger partial charge in [0, 0.05) is 12.7 Å². The van der Waals surface area contributed by atoms with Crippen molar-refractivity contribution < 1.29 is 4.79 Å². The number of nitrogens with zero attached hydrogens (tertiary/aromatic N) is 1. The molecule has 0 spiro atoms. The van der Waals surface area contributed by atoms with E-state index in [4.69, 9.17) is 0 Å². The summed E-state index contributed by atoms with van der Waals surface area (Å²) < 4.78 is 2.08. The van der Waals surface area contributed by atoms with E-state index in [-0.39, 0.29) is 5.91 Å². The molecule has 0 radical (unpaired) electrons. The molecule has 17 heavy (non-hydrogen) atoms. The van der Waals surface area contributed by atoms with Crippen LogP contribution in [0.15, 0.2) is 48.7 Å². The van der Waals surface area contributed by atoms with Crippen molar-refractivity contribution in [3.63, 3.8) is 0 Å². The lowest BCUT2D eigenvalue weighted by Crippen LogP contribution is -2.39. The zero-order valence-corrected chi connectivity index (χ0v) is 9.47. The molecule has 0 unspecified atom stereocenters. The van der Waals surface area contributed by atoms with E-state index in [1.165, 1.54) is 5.56 Å². The fourth-order valence-corrected chi connectivity index (χ4v) is 2.36. The smallest absolute Gasteiger partial charge is 0.267 e. The first kappa shape index (κ1) is 10.1. The molecule has 0 bridgehead atoms. The van der Waals surface area contributed by atoms with Gasteiger partial charge in [-0.25, -0.2) is 0 Å². The summed E-state index contributed by atoms with van der Waals surface area (Å²) in [6.07, 6.45) is 2.93. The number of aromatic nitrogens is 1. The minimum absolute atomic E-state index is 0.0271. The SMILES string of the molecule is O=C1NC[C@H](Cc2ccccc2)n2cccc21. The monoisotopic (exact) mass is 226 g/mol. The van der Waals surface area contributed by atoms with Gasteiger partial charge in [-0.2, -0.15) is 0 Å². The Balaban J connectivity index is 1.87. The summed E-state index contributed by atoms with van der Waals surface area (Å²) in [5.74, 6) is 0.0271. The van der Waals surface area contributed by atoms with Crippen molar-refractivity contribution in [1.29, 1.82) is 0 Å². The van der Waals surface area contributed by atoms with Crippen molar-refractivity contribution in [3.05, 3.63) is 59.9 Å². The summed E-state index contributed by atoms with van der Waals surface area (Å²) in [6.45, 7) is 0.704. The average molecular weight is 226 g/mol. The molecule has 1 N–H and O–H groups in total. The van der Waals surface area contributed by atoms with Crippen LogP contribution in [-0.2, 0) is 6.42 Å². The van der Waals surface area contributed by atoms with Gasteiger partial charge in [0.25, 0.3) is 5.91 Å². The fourth-order valence-electron chi connectivity index (χ4n) is 2.36. The van der Waals surface area contributed by atoms with Crippen molar-refractivity contribution in [1.82, 2.24) is 9.88 Å². The second-order valence-electron chi connectivity index (χ2n) is 4.35. The molecule has 3 heteroatoms. The maximum Gasteiger partial charge on any atom is 0.267 e. The lowest BCUT2D eigenvalue weighted by atomic mass is 10.0. The van der Waals surface area contributed by atoms with Crippen LogP contribution in [0.4, 0.5) is 0 Å². The van der Waals surface area contributed by atoms with Crippen LogP contribution < -0.4 is 5.32 Å². The first-order valence-electron chi connectivity index (χ1n) is 5.83. The van der Waals surface area contributed by atoms with Gasteiger partial charge in [0.1, 0.15) is 5.69 Å². The minimum Gasteiger partial charge on any atom is -0.349 e. The Labute approximate surface area is 100 Å². The topological polar surface area (TPSA) is 34.0 Å². The molecule has 1 amide bonds. The van der Waals surface area contributed by atoms with Gasteiger partial charge < -0.3 is 9.88 Å². The number of amides is 1. The summed E-state index contributed by atoms with van der Waals surface area (Å²) >= 11 is 0. The molecule has 1 aliphatic heterocycles. The largest absolute Gasteiger partial charge is 0.349 e. The Kier molecular flexibility index (Phi) is 2.44. The van der Waals surface area contributed by atoms with E-state index in [1.54, 1.807) is 0 Å². The number of rotatable bonds is 2. The zero-order valence-electron chi connectivity index (χ0n) is 9.47. The molecule has 0 aliphatic carbocycles. The van der Waals surface area contributed by atoms with Crippen molar-refractivity contribution in [2.75, 3.05) is 6.54 Å². The molecule has 1 aromatic carbocycles. The Morgan fingerprint density at radius 2 is 2.00 bits per heavy atom. The highest BCUT2D eigenvalue weighted by Crippen LogP contribution is 2.20. The molecule has 0 saturated heterocycles. The average Bonchev–Trinajstić information content (AvgIpc) is 2.84. The third-order valence-electron chi connectivity index (χ3n) is 3.22. The lowest BCUT2D eigenvalue weighted by molar-refractivity contribution is 0.0915. The Hall–Kier alpha value is -2.03. The van der Waals surface area contributed by atoms with Gasteiger partial charge in [0.05, 0.1) is 6.04 Å². The van der Waals surface area contributed by atoms with Gasteiger partial charge in [-0.1, -0.05) is 30.3 Å². The standard InChI is InChI=1S/C14H14N2O/c17-14-13-7-4-8-16(13)12(10-15-14)9-11-5-2-1-3-6-11/h1-8,12H,9-10H2,(H,15,17)/t12-/m0/s1. The highest BCUT2D eigenvalue weighted by molar-refractivity contribution is 5.93. The molecular formula is C14H14N2O. The summed E-state index contributed by atoms with van der Waals surface area (Å²) in [5.41, 5.74) is 2.06. The number of carbonyl (C=O) groups is 1. The number of carbonyl (C=O) groups excluding carboxylic acids is 1. The van der Waals surface area contributed by atoms with E-state index >= 15 is 0 Å². The van der Waals surface area contributed by atoms with E-state index in [0.717, 1.165) is 12.1 Å². The van der Waals surface area contributed by atoms with Gasteiger partial charge in [-0.05, 0) is 24.1 Å². The quantitative estimate of drug-likeness (QED) is 0.835. The van der Waals surface area contributed by atoms with E-state index in [9.17, 15) is 4.79 Å². The summed E-state index contributed by atoms with van der Waals surface area (Å²) in [7, 11) is 0. The maximum absolute atomic E-state index is 11.6. The highest BCUT2D eigenvalue weighted by Gasteiger charge is 2.23. The van der Waals surface area contributed by atoms with Gasteiger partial charge in [0.2, 0.25) is 0 Å². The number of nitrogens with one attached hydrogen (secondary N) is 1. The molecule has 3 rings (SSSR count). The van der Waals surface area contributed by atoms with Crippen molar-refractivity contribution in [2.45, 2.75) is 12.5 Å². The number of fused-ring (bicyclic) bond motifs is 1. The molecule has 0 fully saturated rings. The van der Waals surface area contributed by atoms with E-state index in [2.05, 4.69) is 22.0 Å². The zero-order chi connectivity index (χ0) is 11.7. The van der Waals surface area contributed by atoms with Gasteiger partial charge in [-0.15, -0.1) is 0 Å². The number of hydrogen-bond donors (Lipinski definition) is 1. The molecule has 1 atom stereocenters. The van der Waals surface area contributed by atoms with E-state index < -0.39 is 0 Å². The van der Waals surface area contributed by atoms with Crippen molar-refractivity contribution in [3.8, 4) is 0 Å². The first-order valence-corrected chi connectivity index (χ1v) is 5.83. The van der Waals surface area contributed by atoms with Crippen LogP contribution in [0.3, 0.4) is 0 Å². The summed E-state index contributed by atoms with van der Waals surface area (Å²) in [4.78, 5) is 11.6. The summed E-state index contributed by atoms with van der Waals surface area (Å²) in [6, 6.07) is 14.5. The van der Waals surface area contributed by atoms with E-state index in [1.807, 2.05) is 36.5 Å². The van der Waals surface area contributed by atoms with Gasteiger partial charge in [0.15, 0.2) is 0 Å². The fraction of sp³-hybridized carbons (Fsp3) is 0.214. The molecule has 1 aromatic heterocycles. The molecule has 86 valence electrons.